The summed E-state index contributed by atoms with van der Waals surface area (Å²) in [5, 5.41) is 8.75. The number of benzene rings is 13. The first-order valence-corrected chi connectivity index (χ1v) is 26.6. The van der Waals surface area contributed by atoms with Gasteiger partial charge in [0.1, 0.15) is 22.3 Å². The van der Waals surface area contributed by atoms with Crippen LogP contribution in [0.2, 0.25) is 0 Å². The van der Waals surface area contributed by atoms with Crippen molar-refractivity contribution in [2.75, 3.05) is 9.80 Å². The Labute approximate surface area is 451 Å². The fourth-order valence-corrected chi connectivity index (χ4v) is 11.8. The van der Waals surface area contributed by atoms with E-state index in [0.717, 1.165) is 133 Å². The van der Waals surface area contributed by atoms with Crippen LogP contribution >= 0.6 is 0 Å². The standard InChI is InChI=1S/C74H48N2O2/c1-6-23-51(24-7-1)65-45-57(75(53-29-8-2-9-30-53)54-31-10-3-11-32-54)47-69-70-48-58(76(55-33-12-4-13-34-55)56-35-14-5-15-36-56)46-66(73(70)78-72(65)69)52-43-67(62-40-21-28-50-26-17-19-38-60(50)62)74-68(44-52)64-42-22-41-63(71(64)77-74)61-39-20-27-49-25-16-18-37-59(49)61/h1-48H. The number of hydrogen-bond acceptors (Lipinski definition) is 4. The predicted molar refractivity (Wildman–Crippen MR) is 327 cm³/mol. The Kier molecular flexibility index (Phi) is 10.8. The van der Waals surface area contributed by atoms with Gasteiger partial charge in [0.2, 0.25) is 0 Å². The normalized spacial score (nSPS) is 11.6. The lowest BCUT2D eigenvalue weighted by Gasteiger charge is -2.26. The molecule has 0 unspecified atom stereocenters. The lowest BCUT2D eigenvalue weighted by molar-refractivity contribution is 0.670. The van der Waals surface area contributed by atoms with Crippen LogP contribution in [-0.4, -0.2) is 0 Å². The van der Waals surface area contributed by atoms with E-state index < -0.39 is 0 Å². The summed E-state index contributed by atoms with van der Waals surface area (Å²) in [6.07, 6.45) is 0. The molecule has 0 atom stereocenters. The van der Waals surface area contributed by atoms with Crippen LogP contribution in [0.5, 0.6) is 0 Å². The summed E-state index contributed by atoms with van der Waals surface area (Å²) < 4.78 is 14.9. The van der Waals surface area contributed by atoms with Crippen molar-refractivity contribution < 1.29 is 8.83 Å². The molecule has 2 heterocycles. The van der Waals surface area contributed by atoms with E-state index >= 15 is 0 Å². The molecular weight excluding hydrogens is 949 g/mol. The van der Waals surface area contributed by atoms with E-state index in [4.69, 9.17) is 8.83 Å². The summed E-state index contributed by atoms with van der Waals surface area (Å²) >= 11 is 0. The molecule has 0 radical (unpaired) electrons. The fraction of sp³-hybridized carbons (Fsp3) is 0. The number of nitrogens with zero attached hydrogens (tertiary/aromatic N) is 2. The molecule has 0 aliphatic carbocycles. The van der Waals surface area contributed by atoms with E-state index in [0.29, 0.717) is 0 Å². The molecule has 0 fully saturated rings. The van der Waals surface area contributed by atoms with Gasteiger partial charge in [0, 0.05) is 77.9 Å². The molecule has 0 N–H and O–H groups in total. The van der Waals surface area contributed by atoms with Crippen LogP contribution in [-0.2, 0) is 0 Å². The Morgan fingerprint density at radius 1 is 0.192 bits per heavy atom. The van der Waals surface area contributed by atoms with E-state index in [2.05, 4.69) is 301 Å². The van der Waals surface area contributed by atoms with Gasteiger partial charge in [-0.05, 0) is 129 Å². The summed E-state index contributed by atoms with van der Waals surface area (Å²) in [5.74, 6) is 0. The Balaban J connectivity index is 1.08. The number of rotatable bonds is 10. The maximum atomic E-state index is 7.57. The van der Waals surface area contributed by atoms with Gasteiger partial charge in [-0.3, -0.25) is 0 Å². The smallest absolute Gasteiger partial charge is 0.143 e. The minimum atomic E-state index is 0.794. The zero-order valence-corrected chi connectivity index (χ0v) is 42.4. The topological polar surface area (TPSA) is 32.8 Å². The second-order valence-electron chi connectivity index (χ2n) is 20.0. The summed E-state index contributed by atoms with van der Waals surface area (Å²) in [5.41, 5.74) is 17.8. The summed E-state index contributed by atoms with van der Waals surface area (Å²) in [7, 11) is 0. The van der Waals surface area contributed by atoms with Crippen molar-refractivity contribution in [1.82, 2.24) is 0 Å². The molecule has 15 aromatic rings. The first-order chi connectivity index (χ1) is 38.7. The third-order valence-corrected chi connectivity index (χ3v) is 15.4. The molecule has 0 bridgehead atoms. The van der Waals surface area contributed by atoms with Crippen LogP contribution in [0.4, 0.5) is 34.1 Å². The van der Waals surface area contributed by atoms with E-state index in [1.54, 1.807) is 0 Å². The Bertz CT molecular complexity index is 4630. The average molecular weight is 997 g/mol. The molecule has 78 heavy (non-hydrogen) atoms. The van der Waals surface area contributed by atoms with Crippen LogP contribution < -0.4 is 9.80 Å². The van der Waals surface area contributed by atoms with Gasteiger partial charge >= 0.3 is 0 Å². The highest BCUT2D eigenvalue weighted by atomic mass is 16.3. The maximum Gasteiger partial charge on any atom is 0.143 e. The second-order valence-corrected chi connectivity index (χ2v) is 20.0. The van der Waals surface area contributed by atoms with Gasteiger partial charge in [-0.15, -0.1) is 0 Å². The zero-order valence-electron chi connectivity index (χ0n) is 42.4. The zero-order chi connectivity index (χ0) is 51.5. The third-order valence-electron chi connectivity index (χ3n) is 15.4. The fourth-order valence-electron chi connectivity index (χ4n) is 11.8. The van der Waals surface area contributed by atoms with Crippen molar-refractivity contribution >= 4 is 99.5 Å². The first kappa shape index (κ1) is 45.0. The van der Waals surface area contributed by atoms with Gasteiger partial charge in [0.05, 0.1) is 0 Å². The molecule has 0 aliphatic heterocycles. The van der Waals surface area contributed by atoms with Gasteiger partial charge in [-0.25, -0.2) is 0 Å². The number of para-hydroxylation sites is 5. The number of furan rings is 2. The van der Waals surface area contributed by atoms with E-state index in [1.165, 1.54) is 10.8 Å². The highest BCUT2D eigenvalue weighted by Gasteiger charge is 2.26. The molecule has 4 nitrogen and oxygen atoms in total. The van der Waals surface area contributed by atoms with Gasteiger partial charge in [-0.2, -0.15) is 0 Å². The molecule has 0 saturated carbocycles. The summed E-state index contributed by atoms with van der Waals surface area (Å²) in [6.45, 7) is 0. The molecule has 366 valence electrons. The SMILES string of the molecule is c1ccc(-c2cc(N(c3ccccc3)c3ccccc3)cc3c2oc2c(-c4cc(-c5cccc6ccccc56)c5oc6c(-c7cccc8ccccc78)cccc6c5c4)cc(N(c4ccccc4)c4ccccc4)cc23)cc1. The van der Waals surface area contributed by atoms with Crippen LogP contribution in [0.25, 0.3) is 110 Å². The number of hydrogen-bond donors (Lipinski definition) is 0. The van der Waals surface area contributed by atoms with E-state index in [9.17, 15) is 0 Å². The van der Waals surface area contributed by atoms with Crippen molar-refractivity contribution in [2.45, 2.75) is 0 Å². The molecule has 0 spiro atoms. The summed E-state index contributed by atoms with van der Waals surface area (Å²) in [6, 6.07) is 104. The largest absolute Gasteiger partial charge is 0.455 e. The molecule has 2 aromatic heterocycles. The Morgan fingerprint density at radius 2 is 0.538 bits per heavy atom. The Hall–Kier alpha value is -10.4. The minimum Gasteiger partial charge on any atom is -0.455 e. The summed E-state index contributed by atoms with van der Waals surface area (Å²) in [4.78, 5) is 4.70. The molecule has 4 heteroatoms. The lowest BCUT2D eigenvalue weighted by Crippen LogP contribution is -2.10. The van der Waals surface area contributed by atoms with Crippen LogP contribution in [0.1, 0.15) is 0 Å². The Morgan fingerprint density at radius 3 is 1.04 bits per heavy atom. The van der Waals surface area contributed by atoms with Crippen molar-refractivity contribution in [3.8, 4) is 44.5 Å². The van der Waals surface area contributed by atoms with Crippen molar-refractivity contribution in [2.24, 2.45) is 0 Å². The second kappa shape index (κ2) is 18.7. The average Bonchev–Trinajstić information content (AvgIpc) is 4.30. The molecule has 0 saturated heterocycles. The van der Waals surface area contributed by atoms with Crippen LogP contribution in [0.15, 0.2) is 300 Å². The van der Waals surface area contributed by atoms with Crippen LogP contribution in [0, 0.1) is 0 Å². The van der Waals surface area contributed by atoms with Crippen molar-refractivity contribution in [1.29, 1.82) is 0 Å². The van der Waals surface area contributed by atoms with E-state index in [1.807, 2.05) is 0 Å². The monoisotopic (exact) mass is 996 g/mol. The van der Waals surface area contributed by atoms with Gasteiger partial charge in [0.25, 0.3) is 0 Å². The van der Waals surface area contributed by atoms with Crippen molar-refractivity contribution in [3.05, 3.63) is 291 Å². The molecule has 15 rings (SSSR count). The molecule has 0 aliphatic rings. The maximum absolute atomic E-state index is 7.57. The van der Waals surface area contributed by atoms with Gasteiger partial charge in [0.15, 0.2) is 0 Å². The lowest BCUT2D eigenvalue weighted by atomic mass is 9.91. The van der Waals surface area contributed by atoms with Gasteiger partial charge < -0.3 is 18.6 Å². The highest BCUT2D eigenvalue weighted by molar-refractivity contribution is 6.20. The van der Waals surface area contributed by atoms with E-state index in [-0.39, 0.29) is 0 Å². The molecule has 13 aromatic carbocycles. The highest BCUT2D eigenvalue weighted by Crippen LogP contribution is 2.51. The third kappa shape index (κ3) is 7.61. The number of anilines is 6. The van der Waals surface area contributed by atoms with Crippen molar-refractivity contribution in [3.63, 3.8) is 0 Å². The predicted octanol–water partition coefficient (Wildman–Crippen LogP) is 21.4. The number of fused-ring (bicyclic) bond motifs is 8. The van der Waals surface area contributed by atoms with Crippen LogP contribution in [0.3, 0.4) is 0 Å². The van der Waals surface area contributed by atoms with Gasteiger partial charge in [-0.1, -0.05) is 206 Å². The quantitative estimate of drug-likeness (QED) is 0.137. The first-order valence-electron chi connectivity index (χ1n) is 26.6. The minimum absolute atomic E-state index is 0.794. The molecular formula is C74H48N2O2. The molecule has 0 amide bonds.